The molecule has 0 aliphatic heterocycles. The van der Waals surface area contributed by atoms with Gasteiger partial charge in [0, 0.05) is 36.0 Å². The van der Waals surface area contributed by atoms with Crippen molar-refractivity contribution in [2.75, 3.05) is 27.2 Å². The van der Waals surface area contributed by atoms with Gasteiger partial charge in [0.2, 0.25) is 5.91 Å². The second-order valence-electron chi connectivity index (χ2n) is 10.1. The van der Waals surface area contributed by atoms with Crippen molar-refractivity contribution < 1.29 is 9.59 Å². The van der Waals surface area contributed by atoms with E-state index in [0.717, 1.165) is 42.7 Å². The molecule has 0 saturated carbocycles. The van der Waals surface area contributed by atoms with E-state index < -0.39 is 6.04 Å². The third-order valence-electron chi connectivity index (χ3n) is 6.43. The molecular formula is C28H41N5O2S. The van der Waals surface area contributed by atoms with Crippen LogP contribution in [-0.4, -0.2) is 59.5 Å². The Morgan fingerprint density at radius 1 is 1.14 bits per heavy atom. The molecule has 3 aromatic rings. The van der Waals surface area contributed by atoms with Gasteiger partial charge in [-0.1, -0.05) is 33.8 Å². The highest BCUT2D eigenvalue weighted by Crippen LogP contribution is 2.28. The highest BCUT2D eigenvalue weighted by molar-refractivity contribution is 7.09. The number of thiophene rings is 1. The monoisotopic (exact) mass is 511 g/mol. The molecule has 196 valence electrons. The van der Waals surface area contributed by atoms with Crippen LogP contribution >= 0.6 is 11.3 Å². The van der Waals surface area contributed by atoms with Gasteiger partial charge in [-0.05, 0) is 68.9 Å². The number of aromatic nitrogens is 2. The molecule has 36 heavy (non-hydrogen) atoms. The fourth-order valence-corrected chi connectivity index (χ4v) is 5.22. The van der Waals surface area contributed by atoms with Crippen LogP contribution in [0.25, 0.3) is 11.0 Å². The topological polar surface area (TPSA) is 79.3 Å². The summed E-state index contributed by atoms with van der Waals surface area (Å²) in [6.07, 6.45) is 3.38. The summed E-state index contributed by atoms with van der Waals surface area (Å²) in [4.78, 5) is 34.3. The Balaban J connectivity index is 1.86. The van der Waals surface area contributed by atoms with Crippen LogP contribution in [0.4, 0.5) is 0 Å². The average molecular weight is 512 g/mol. The summed E-state index contributed by atoms with van der Waals surface area (Å²) in [5, 5.41) is 8.01. The molecular weight excluding hydrogens is 470 g/mol. The SMILES string of the molecule is CCC(CC)n1c(Cc2cccs2)nc2cc(C(=O)NC(CC(C)C)C(=O)NCCN(C)C)ccc21. The van der Waals surface area contributed by atoms with E-state index in [-0.39, 0.29) is 17.7 Å². The van der Waals surface area contributed by atoms with Crippen LogP contribution in [0.15, 0.2) is 35.7 Å². The predicted molar refractivity (Wildman–Crippen MR) is 149 cm³/mol. The first-order valence-electron chi connectivity index (χ1n) is 13.0. The molecule has 0 saturated heterocycles. The first-order chi connectivity index (χ1) is 17.2. The minimum Gasteiger partial charge on any atom is -0.353 e. The van der Waals surface area contributed by atoms with Gasteiger partial charge in [0.05, 0.1) is 11.0 Å². The van der Waals surface area contributed by atoms with E-state index in [1.54, 1.807) is 11.3 Å². The van der Waals surface area contributed by atoms with Crippen molar-refractivity contribution in [2.45, 2.75) is 65.5 Å². The molecule has 0 aliphatic rings. The van der Waals surface area contributed by atoms with Gasteiger partial charge >= 0.3 is 0 Å². The Kier molecular flexibility index (Phi) is 10.1. The standard InChI is InChI=1S/C28H41N5O2S/c1-7-21(8-2)33-25-12-11-20(17-23(25)30-26(33)18-22-10-9-15-36-22)27(34)31-24(16-19(3)4)28(35)29-13-14-32(5)6/h9-12,15,17,19,21,24H,7-8,13-14,16,18H2,1-6H3,(H,29,35)(H,31,34). The molecule has 2 amide bonds. The predicted octanol–water partition coefficient (Wildman–Crippen LogP) is 4.87. The molecule has 8 heteroatoms. The van der Waals surface area contributed by atoms with Crippen molar-refractivity contribution in [2.24, 2.45) is 5.92 Å². The number of nitrogens with one attached hydrogen (secondary N) is 2. The van der Waals surface area contributed by atoms with Crippen molar-refractivity contribution in [3.63, 3.8) is 0 Å². The van der Waals surface area contributed by atoms with Gasteiger partial charge in [0.25, 0.3) is 5.91 Å². The molecule has 0 bridgehead atoms. The van der Waals surface area contributed by atoms with Crippen molar-refractivity contribution in [1.29, 1.82) is 0 Å². The third-order valence-corrected chi connectivity index (χ3v) is 7.31. The van der Waals surface area contributed by atoms with E-state index in [2.05, 4.69) is 60.4 Å². The lowest BCUT2D eigenvalue weighted by atomic mass is 10.0. The van der Waals surface area contributed by atoms with Gasteiger partial charge in [0.15, 0.2) is 0 Å². The zero-order valence-corrected chi connectivity index (χ0v) is 23.3. The molecule has 7 nitrogen and oxygen atoms in total. The lowest BCUT2D eigenvalue weighted by Gasteiger charge is -2.21. The largest absolute Gasteiger partial charge is 0.353 e. The molecule has 0 radical (unpaired) electrons. The van der Waals surface area contributed by atoms with Gasteiger partial charge < -0.3 is 20.1 Å². The molecule has 1 aromatic carbocycles. The third kappa shape index (κ3) is 7.17. The minimum atomic E-state index is -0.577. The zero-order valence-electron chi connectivity index (χ0n) is 22.5. The summed E-state index contributed by atoms with van der Waals surface area (Å²) in [5.41, 5.74) is 2.39. The van der Waals surface area contributed by atoms with E-state index in [9.17, 15) is 9.59 Å². The van der Waals surface area contributed by atoms with Crippen molar-refractivity contribution in [1.82, 2.24) is 25.1 Å². The maximum atomic E-state index is 13.2. The molecule has 3 rings (SSSR count). The molecule has 2 N–H and O–H groups in total. The van der Waals surface area contributed by atoms with Crippen LogP contribution < -0.4 is 10.6 Å². The van der Waals surface area contributed by atoms with Crippen LogP contribution in [-0.2, 0) is 11.2 Å². The van der Waals surface area contributed by atoms with Crippen LogP contribution in [0, 0.1) is 5.92 Å². The average Bonchev–Trinajstić information content (AvgIpc) is 3.46. The first kappa shape index (κ1) is 27.9. The molecule has 0 aliphatic carbocycles. The molecule has 1 atom stereocenters. The maximum Gasteiger partial charge on any atom is 0.252 e. The number of benzene rings is 1. The van der Waals surface area contributed by atoms with Crippen LogP contribution in [0.5, 0.6) is 0 Å². The summed E-state index contributed by atoms with van der Waals surface area (Å²) >= 11 is 1.73. The number of carbonyl (C=O) groups is 2. The number of carbonyl (C=O) groups excluding carboxylic acids is 2. The molecule has 2 aromatic heterocycles. The van der Waals surface area contributed by atoms with Crippen molar-refractivity contribution in [3.05, 3.63) is 52.0 Å². The molecule has 2 heterocycles. The van der Waals surface area contributed by atoms with E-state index in [0.29, 0.717) is 24.6 Å². The van der Waals surface area contributed by atoms with E-state index in [1.807, 2.05) is 37.2 Å². The number of nitrogens with zero attached hydrogens (tertiary/aromatic N) is 3. The van der Waals surface area contributed by atoms with Crippen molar-refractivity contribution in [3.8, 4) is 0 Å². The van der Waals surface area contributed by atoms with E-state index in [4.69, 9.17) is 4.98 Å². The fraction of sp³-hybridized carbons (Fsp3) is 0.536. The highest BCUT2D eigenvalue weighted by Gasteiger charge is 2.24. The van der Waals surface area contributed by atoms with Crippen LogP contribution in [0.2, 0.25) is 0 Å². The van der Waals surface area contributed by atoms with E-state index >= 15 is 0 Å². The smallest absolute Gasteiger partial charge is 0.252 e. The highest BCUT2D eigenvalue weighted by atomic mass is 32.1. The van der Waals surface area contributed by atoms with Gasteiger partial charge in [-0.25, -0.2) is 4.98 Å². The second-order valence-corrected chi connectivity index (χ2v) is 11.1. The Hall–Kier alpha value is -2.71. The Labute approximate surface area is 219 Å². The Morgan fingerprint density at radius 2 is 1.89 bits per heavy atom. The summed E-state index contributed by atoms with van der Waals surface area (Å²) in [6, 6.07) is 9.69. The number of amides is 2. The van der Waals surface area contributed by atoms with Crippen LogP contribution in [0.1, 0.15) is 74.1 Å². The number of likely N-dealkylation sites (N-methyl/N-ethyl adjacent to an activating group) is 1. The lowest BCUT2D eigenvalue weighted by molar-refractivity contribution is -0.123. The summed E-state index contributed by atoms with van der Waals surface area (Å²) in [5.74, 6) is 0.906. The normalized spacial score (nSPS) is 12.6. The second kappa shape index (κ2) is 13.0. The first-order valence-corrected chi connectivity index (χ1v) is 13.9. The Bertz CT molecular complexity index is 1130. The Morgan fingerprint density at radius 3 is 2.50 bits per heavy atom. The van der Waals surface area contributed by atoms with Gasteiger partial charge in [-0.3, -0.25) is 9.59 Å². The summed E-state index contributed by atoms with van der Waals surface area (Å²) in [6.45, 7) is 9.81. The number of fused-ring (bicyclic) bond motifs is 1. The molecule has 0 spiro atoms. The number of hydrogen-bond donors (Lipinski definition) is 2. The van der Waals surface area contributed by atoms with E-state index in [1.165, 1.54) is 4.88 Å². The number of hydrogen-bond acceptors (Lipinski definition) is 5. The lowest BCUT2D eigenvalue weighted by Crippen LogP contribution is -2.48. The molecule has 1 unspecified atom stereocenters. The van der Waals surface area contributed by atoms with Gasteiger partial charge in [0.1, 0.15) is 11.9 Å². The van der Waals surface area contributed by atoms with Crippen molar-refractivity contribution >= 4 is 34.2 Å². The fourth-order valence-electron chi connectivity index (χ4n) is 4.52. The van der Waals surface area contributed by atoms with Crippen LogP contribution in [0.3, 0.4) is 0 Å². The number of rotatable bonds is 13. The quantitative estimate of drug-likeness (QED) is 0.343. The summed E-state index contributed by atoms with van der Waals surface area (Å²) < 4.78 is 2.34. The van der Waals surface area contributed by atoms with Gasteiger partial charge in [-0.2, -0.15) is 0 Å². The summed E-state index contributed by atoms with van der Waals surface area (Å²) in [7, 11) is 3.93. The minimum absolute atomic E-state index is 0.142. The zero-order chi connectivity index (χ0) is 26.2. The maximum absolute atomic E-state index is 13.2. The van der Waals surface area contributed by atoms with Gasteiger partial charge in [-0.15, -0.1) is 11.3 Å². The number of imidazole rings is 1. The molecule has 0 fully saturated rings.